The summed E-state index contributed by atoms with van der Waals surface area (Å²) in [5.74, 6) is 0.663. The first-order valence-corrected chi connectivity index (χ1v) is 11.0. The van der Waals surface area contributed by atoms with Crippen molar-refractivity contribution in [2.75, 3.05) is 18.2 Å². The molecule has 0 unspecified atom stereocenters. The highest BCUT2D eigenvalue weighted by atomic mass is 32.2. The maximum Gasteiger partial charge on any atom is 0.316 e. The van der Waals surface area contributed by atoms with Gasteiger partial charge >= 0.3 is 5.97 Å². The number of carbonyl (C=O) groups is 1. The van der Waals surface area contributed by atoms with E-state index in [0.29, 0.717) is 6.04 Å². The molecule has 0 aliphatic heterocycles. The first-order valence-electron chi connectivity index (χ1n) is 9.16. The maximum absolute atomic E-state index is 12.1. The predicted octanol–water partition coefficient (Wildman–Crippen LogP) is 4.44. The zero-order chi connectivity index (χ0) is 19.1. The van der Waals surface area contributed by atoms with Crippen LogP contribution in [0.4, 0.5) is 5.13 Å². The molecule has 1 N–H and O–H groups in total. The van der Waals surface area contributed by atoms with Gasteiger partial charge in [-0.05, 0) is 31.9 Å². The number of ether oxygens (including phenoxy) is 2. The monoisotopic (exact) mass is 407 g/mol. The number of methoxy groups -OCH3 is 1. The van der Waals surface area contributed by atoms with Crippen molar-refractivity contribution in [2.24, 2.45) is 0 Å². The van der Waals surface area contributed by atoms with Crippen molar-refractivity contribution in [3.8, 4) is 5.75 Å². The van der Waals surface area contributed by atoms with Gasteiger partial charge in [0, 0.05) is 11.6 Å². The third-order valence-electron chi connectivity index (χ3n) is 4.48. The van der Waals surface area contributed by atoms with Crippen molar-refractivity contribution in [1.29, 1.82) is 0 Å². The Morgan fingerprint density at radius 3 is 2.89 bits per heavy atom. The van der Waals surface area contributed by atoms with Gasteiger partial charge in [0.05, 0.1) is 12.9 Å². The molecule has 1 fully saturated rings. The number of aryl methyl sites for hydroxylation is 1. The first-order chi connectivity index (χ1) is 13.1. The molecule has 146 valence electrons. The van der Waals surface area contributed by atoms with Crippen molar-refractivity contribution in [3.05, 3.63) is 29.3 Å². The standard InChI is InChI=1S/C19H25N3O3S2/c1-13-8-9-16(24-2)14(10-13)11-25-17(23)12-26-19-22-21-18(27-19)20-15-6-4-3-5-7-15/h8-10,15H,3-7,11-12H2,1-2H3,(H,20,21). The molecule has 1 aromatic heterocycles. The fraction of sp³-hybridized carbons (Fsp3) is 0.526. The second kappa shape index (κ2) is 9.94. The minimum absolute atomic E-state index is 0.203. The Hall–Kier alpha value is -1.80. The van der Waals surface area contributed by atoms with E-state index in [0.717, 1.165) is 26.3 Å². The topological polar surface area (TPSA) is 73.3 Å². The molecule has 8 heteroatoms. The van der Waals surface area contributed by atoms with E-state index in [1.54, 1.807) is 7.11 Å². The van der Waals surface area contributed by atoms with Crippen LogP contribution in [-0.4, -0.2) is 35.1 Å². The van der Waals surface area contributed by atoms with Crippen molar-refractivity contribution in [3.63, 3.8) is 0 Å². The van der Waals surface area contributed by atoms with Gasteiger partial charge in [-0.1, -0.05) is 54.0 Å². The molecule has 0 radical (unpaired) electrons. The quantitative estimate of drug-likeness (QED) is 0.512. The number of hydrogen-bond acceptors (Lipinski definition) is 8. The summed E-state index contributed by atoms with van der Waals surface area (Å²) in [5.41, 5.74) is 1.97. The summed E-state index contributed by atoms with van der Waals surface area (Å²) in [6.45, 7) is 2.20. The van der Waals surface area contributed by atoms with E-state index in [9.17, 15) is 4.79 Å². The number of nitrogens with one attached hydrogen (secondary N) is 1. The van der Waals surface area contributed by atoms with E-state index < -0.39 is 0 Å². The predicted molar refractivity (Wildman–Crippen MR) is 109 cm³/mol. The van der Waals surface area contributed by atoms with E-state index in [-0.39, 0.29) is 18.3 Å². The molecule has 0 saturated heterocycles. The molecule has 2 aromatic rings. The van der Waals surface area contributed by atoms with E-state index in [1.807, 2.05) is 25.1 Å². The molecule has 1 aliphatic carbocycles. The number of esters is 1. The molecule has 6 nitrogen and oxygen atoms in total. The number of nitrogens with zero attached hydrogens (tertiary/aromatic N) is 2. The number of rotatable bonds is 8. The molecular weight excluding hydrogens is 382 g/mol. The Morgan fingerprint density at radius 1 is 1.30 bits per heavy atom. The van der Waals surface area contributed by atoms with Crippen LogP contribution in [0.15, 0.2) is 22.5 Å². The number of anilines is 1. The second-order valence-electron chi connectivity index (χ2n) is 6.62. The van der Waals surface area contributed by atoms with Crippen LogP contribution in [0.2, 0.25) is 0 Å². The van der Waals surface area contributed by atoms with Crippen LogP contribution in [0, 0.1) is 6.92 Å². The molecule has 0 spiro atoms. The van der Waals surface area contributed by atoms with Gasteiger partial charge in [-0.15, -0.1) is 10.2 Å². The van der Waals surface area contributed by atoms with Crippen LogP contribution in [0.5, 0.6) is 5.75 Å². The highest BCUT2D eigenvalue weighted by Gasteiger charge is 2.16. The van der Waals surface area contributed by atoms with E-state index in [4.69, 9.17) is 9.47 Å². The molecule has 1 aromatic carbocycles. The minimum Gasteiger partial charge on any atom is -0.496 e. The average Bonchev–Trinajstić information content (AvgIpc) is 3.13. The Labute approximate surface area is 168 Å². The van der Waals surface area contributed by atoms with Crippen molar-refractivity contribution >= 4 is 34.2 Å². The minimum atomic E-state index is -0.277. The fourth-order valence-electron chi connectivity index (χ4n) is 3.09. The third-order valence-corrected chi connectivity index (χ3v) is 6.44. The second-order valence-corrected chi connectivity index (χ2v) is 8.82. The van der Waals surface area contributed by atoms with Crippen LogP contribution >= 0.6 is 23.1 Å². The Morgan fingerprint density at radius 2 is 2.11 bits per heavy atom. The van der Waals surface area contributed by atoms with Crippen LogP contribution in [0.25, 0.3) is 0 Å². The lowest BCUT2D eigenvalue weighted by Gasteiger charge is -2.21. The van der Waals surface area contributed by atoms with Gasteiger partial charge in [-0.2, -0.15) is 0 Å². The zero-order valence-electron chi connectivity index (χ0n) is 15.7. The van der Waals surface area contributed by atoms with Gasteiger partial charge in [0.15, 0.2) is 4.34 Å². The van der Waals surface area contributed by atoms with Gasteiger partial charge in [0.25, 0.3) is 0 Å². The summed E-state index contributed by atoms with van der Waals surface area (Å²) in [6.07, 6.45) is 6.25. The van der Waals surface area contributed by atoms with Gasteiger partial charge in [0.1, 0.15) is 12.4 Å². The number of thioether (sulfide) groups is 1. The highest BCUT2D eigenvalue weighted by molar-refractivity contribution is 8.01. The molecule has 0 amide bonds. The summed E-state index contributed by atoms with van der Waals surface area (Å²) >= 11 is 2.85. The van der Waals surface area contributed by atoms with Gasteiger partial charge in [-0.25, -0.2) is 0 Å². The summed E-state index contributed by atoms with van der Waals surface area (Å²) < 4.78 is 11.5. The molecule has 1 aliphatic rings. The fourth-order valence-corrected chi connectivity index (χ4v) is 4.72. The summed E-state index contributed by atoms with van der Waals surface area (Å²) in [6, 6.07) is 6.32. The largest absolute Gasteiger partial charge is 0.496 e. The molecule has 1 saturated carbocycles. The average molecular weight is 408 g/mol. The smallest absolute Gasteiger partial charge is 0.316 e. The van der Waals surface area contributed by atoms with Crippen LogP contribution in [-0.2, 0) is 16.1 Å². The zero-order valence-corrected chi connectivity index (χ0v) is 17.3. The van der Waals surface area contributed by atoms with Crippen LogP contribution in [0.3, 0.4) is 0 Å². The van der Waals surface area contributed by atoms with E-state index >= 15 is 0 Å². The molecule has 1 heterocycles. The molecular formula is C19H25N3O3S2. The molecule has 3 rings (SSSR count). The van der Waals surface area contributed by atoms with Crippen molar-refractivity contribution in [2.45, 2.75) is 56.0 Å². The van der Waals surface area contributed by atoms with E-state index in [2.05, 4.69) is 15.5 Å². The number of hydrogen-bond donors (Lipinski definition) is 1. The lowest BCUT2D eigenvalue weighted by Crippen LogP contribution is -2.21. The Kier molecular flexibility index (Phi) is 7.34. The molecule has 0 bridgehead atoms. The Balaban J connectivity index is 1.43. The molecule has 0 atom stereocenters. The van der Waals surface area contributed by atoms with Crippen LogP contribution in [0.1, 0.15) is 43.2 Å². The highest BCUT2D eigenvalue weighted by Crippen LogP contribution is 2.28. The molecule has 27 heavy (non-hydrogen) atoms. The summed E-state index contributed by atoms with van der Waals surface area (Å²) in [4.78, 5) is 12.1. The normalized spacial score (nSPS) is 14.7. The number of aromatic nitrogens is 2. The lowest BCUT2D eigenvalue weighted by molar-refractivity contribution is -0.141. The number of benzene rings is 1. The maximum atomic E-state index is 12.1. The van der Waals surface area contributed by atoms with Crippen molar-refractivity contribution < 1.29 is 14.3 Å². The van der Waals surface area contributed by atoms with Gasteiger partial charge < -0.3 is 14.8 Å². The van der Waals surface area contributed by atoms with Gasteiger partial charge in [0.2, 0.25) is 5.13 Å². The summed E-state index contributed by atoms with van der Waals surface area (Å²) in [7, 11) is 1.61. The first kappa shape index (κ1) is 19.9. The van der Waals surface area contributed by atoms with Crippen molar-refractivity contribution in [1.82, 2.24) is 10.2 Å². The Bertz CT molecular complexity index is 760. The van der Waals surface area contributed by atoms with E-state index in [1.165, 1.54) is 55.2 Å². The SMILES string of the molecule is COc1ccc(C)cc1COC(=O)CSc1nnc(NC2CCCCC2)s1. The third kappa shape index (κ3) is 6.10. The lowest BCUT2D eigenvalue weighted by atomic mass is 9.96. The number of carbonyl (C=O) groups excluding carboxylic acids is 1. The van der Waals surface area contributed by atoms with Gasteiger partial charge in [-0.3, -0.25) is 4.79 Å². The van der Waals surface area contributed by atoms with Crippen LogP contribution < -0.4 is 10.1 Å². The summed E-state index contributed by atoms with van der Waals surface area (Å²) in [5, 5.41) is 12.6.